The molecular formula is C25H25ClFN5O. The van der Waals surface area contributed by atoms with Gasteiger partial charge in [0.2, 0.25) is 0 Å². The lowest BCUT2D eigenvalue weighted by Gasteiger charge is -2.38. The molecule has 1 N–H and O–H groups in total. The molecule has 5 rings (SSSR count). The zero-order valence-electron chi connectivity index (χ0n) is 18.6. The predicted molar refractivity (Wildman–Crippen MR) is 128 cm³/mol. The third-order valence-electron chi connectivity index (χ3n) is 6.41. The van der Waals surface area contributed by atoms with Crippen molar-refractivity contribution in [1.29, 1.82) is 0 Å². The number of carbonyl (C=O) groups excluding carboxylic acids is 1. The number of amides is 1. The molecule has 3 aromatic rings. The molecule has 170 valence electrons. The minimum absolute atomic E-state index is 0.0124. The molecule has 1 atom stereocenters. The maximum Gasteiger partial charge on any atom is 0.254 e. The number of rotatable bonds is 3. The molecule has 2 aliphatic heterocycles. The number of aryl methyl sites for hydroxylation is 1. The fourth-order valence-corrected chi connectivity index (χ4v) is 4.75. The van der Waals surface area contributed by atoms with Gasteiger partial charge >= 0.3 is 0 Å². The van der Waals surface area contributed by atoms with E-state index in [4.69, 9.17) is 11.6 Å². The Morgan fingerprint density at radius 2 is 1.79 bits per heavy atom. The second-order valence-corrected chi connectivity index (χ2v) is 8.90. The molecule has 0 spiro atoms. The first kappa shape index (κ1) is 21.5. The summed E-state index contributed by atoms with van der Waals surface area (Å²) in [5.41, 5.74) is 4.36. The van der Waals surface area contributed by atoms with Crippen LogP contribution in [0.25, 0.3) is 0 Å². The first-order chi connectivity index (χ1) is 15.9. The van der Waals surface area contributed by atoms with Crippen LogP contribution >= 0.6 is 11.6 Å². The Balaban J connectivity index is 1.42. The quantitative estimate of drug-likeness (QED) is 0.613. The first-order valence-corrected chi connectivity index (χ1v) is 11.4. The normalized spacial score (nSPS) is 18.2. The van der Waals surface area contributed by atoms with Crippen molar-refractivity contribution in [3.63, 3.8) is 0 Å². The lowest BCUT2D eigenvalue weighted by molar-refractivity contribution is -0.127. The van der Waals surface area contributed by atoms with Crippen LogP contribution in [0.1, 0.15) is 24.1 Å². The Kier molecular flexibility index (Phi) is 5.58. The van der Waals surface area contributed by atoms with Crippen molar-refractivity contribution < 1.29 is 9.18 Å². The van der Waals surface area contributed by atoms with Gasteiger partial charge in [-0.25, -0.2) is 9.07 Å². The summed E-state index contributed by atoms with van der Waals surface area (Å²) in [6, 6.07) is 13.9. The number of carbonyl (C=O) groups is 1. The van der Waals surface area contributed by atoms with Crippen LogP contribution in [0.4, 0.5) is 15.9 Å². The molecular weight excluding hydrogens is 441 g/mol. The van der Waals surface area contributed by atoms with E-state index in [0.717, 1.165) is 28.3 Å². The Hall–Kier alpha value is -3.32. The minimum atomic E-state index is -0.364. The smallest absolute Gasteiger partial charge is 0.254 e. The molecule has 0 saturated carbocycles. The number of hydrogen-bond donors (Lipinski definition) is 1. The van der Waals surface area contributed by atoms with Crippen LogP contribution in [0.2, 0.25) is 5.02 Å². The summed E-state index contributed by atoms with van der Waals surface area (Å²) < 4.78 is 15.1. The van der Waals surface area contributed by atoms with Crippen molar-refractivity contribution >= 4 is 29.0 Å². The van der Waals surface area contributed by atoms with Crippen LogP contribution in [-0.2, 0) is 4.79 Å². The van der Waals surface area contributed by atoms with E-state index in [1.54, 1.807) is 18.3 Å². The number of nitrogens with zero attached hydrogens (tertiary/aromatic N) is 4. The van der Waals surface area contributed by atoms with E-state index in [-0.39, 0.29) is 17.8 Å². The summed E-state index contributed by atoms with van der Waals surface area (Å²) >= 11 is 6.44. The fourth-order valence-electron chi connectivity index (χ4n) is 4.56. The predicted octanol–water partition coefficient (Wildman–Crippen LogP) is 4.62. The van der Waals surface area contributed by atoms with Gasteiger partial charge in [0.05, 0.1) is 11.8 Å². The number of nitrogens with one attached hydrogen (secondary N) is 1. The number of piperazine rings is 1. The Labute approximate surface area is 197 Å². The van der Waals surface area contributed by atoms with Gasteiger partial charge in [-0.15, -0.1) is 0 Å². The molecule has 2 aliphatic rings. The number of hydrogen-bond acceptors (Lipinski definition) is 4. The number of halogens is 2. The van der Waals surface area contributed by atoms with E-state index in [9.17, 15) is 9.18 Å². The molecule has 33 heavy (non-hydrogen) atoms. The van der Waals surface area contributed by atoms with Gasteiger partial charge in [-0.3, -0.25) is 4.79 Å². The van der Waals surface area contributed by atoms with Crippen LogP contribution < -0.4 is 10.2 Å². The van der Waals surface area contributed by atoms with Gasteiger partial charge in [-0.05, 0) is 55.3 Å². The van der Waals surface area contributed by atoms with Gasteiger partial charge in [-0.1, -0.05) is 23.7 Å². The summed E-state index contributed by atoms with van der Waals surface area (Å²) in [4.78, 5) is 17.9. The molecule has 1 unspecified atom stereocenters. The second kappa shape index (κ2) is 8.56. The molecule has 8 heteroatoms. The standard InChI is InChI=1S/C25H25ClFN5O/c1-16-3-4-18(15-21(16)26)24-23(17(2)29-22-9-10-28-32(22)24)25(33)31-13-11-30(12-14-31)20-7-5-19(27)6-8-20/h3-10,15,24,29H,11-14H2,1-2H3. The van der Waals surface area contributed by atoms with Crippen LogP contribution in [0.15, 0.2) is 66.0 Å². The summed E-state index contributed by atoms with van der Waals surface area (Å²) in [5, 5.41) is 8.50. The Bertz CT molecular complexity index is 1230. The summed E-state index contributed by atoms with van der Waals surface area (Å²) in [6.45, 7) is 6.43. The number of allylic oxidation sites excluding steroid dienone is 1. The van der Waals surface area contributed by atoms with Gasteiger partial charge in [0, 0.05) is 48.7 Å². The third kappa shape index (κ3) is 3.97. The molecule has 0 radical (unpaired) electrons. The average molecular weight is 466 g/mol. The highest BCUT2D eigenvalue weighted by atomic mass is 35.5. The molecule has 6 nitrogen and oxygen atoms in total. The maximum atomic E-state index is 13.8. The highest BCUT2D eigenvalue weighted by Gasteiger charge is 2.36. The third-order valence-corrected chi connectivity index (χ3v) is 6.82. The Morgan fingerprint density at radius 1 is 1.06 bits per heavy atom. The van der Waals surface area contributed by atoms with Crippen LogP contribution in [0, 0.1) is 12.7 Å². The van der Waals surface area contributed by atoms with Crippen molar-refractivity contribution in [2.45, 2.75) is 19.9 Å². The van der Waals surface area contributed by atoms with Crippen molar-refractivity contribution in [1.82, 2.24) is 14.7 Å². The summed E-state index contributed by atoms with van der Waals surface area (Å²) in [5.74, 6) is 0.577. The van der Waals surface area contributed by atoms with E-state index in [1.165, 1.54) is 12.1 Å². The number of aromatic nitrogens is 2. The zero-order chi connectivity index (χ0) is 23.1. The van der Waals surface area contributed by atoms with Crippen molar-refractivity contribution in [3.8, 4) is 0 Å². The maximum absolute atomic E-state index is 13.8. The summed E-state index contributed by atoms with van der Waals surface area (Å²) in [6.07, 6.45) is 1.73. The lowest BCUT2D eigenvalue weighted by Crippen LogP contribution is -2.50. The van der Waals surface area contributed by atoms with Gasteiger partial charge < -0.3 is 15.1 Å². The van der Waals surface area contributed by atoms with Crippen LogP contribution in [-0.4, -0.2) is 46.8 Å². The SMILES string of the molecule is CC1=C(C(=O)N2CCN(c3ccc(F)cc3)CC2)C(c2ccc(C)c(Cl)c2)n2nccc2N1. The van der Waals surface area contributed by atoms with E-state index in [2.05, 4.69) is 15.3 Å². The van der Waals surface area contributed by atoms with E-state index < -0.39 is 0 Å². The molecule has 1 saturated heterocycles. The highest BCUT2D eigenvalue weighted by molar-refractivity contribution is 6.31. The minimum Gasteiger partial charge on any atom is -0.368 e. The Morgan fingerprint density at radius 3 is 2.48 bits per heavy atom. The zero-order valence-corrected chi connectivity index (χ0v) is 19.3. The van der Waals surface area contributed by atoms with Gasteiger partial charge in [0.15, 0.2) is 0 Å². The largest absolute Gasteiger partial charge is 0.368 e. The van der Waals surface area contributed by atoms with E-state index >= 15 is 0 Å². The van der Waals surface area contributed by atoms with Gasteiger partial charge in [-0.2, -0.15) is 5.10 Å². The first-order valence-electron chi connectivity index (χ1n) is 11.0. The molecule has 3 heterocycles. The topological polar surface area (TPSA) is 53.4 Å². The fraction of sp³-hybridized carbons (Fsp3) is 0.280. The lowest BCUT2D eigenvalue weighted by atomic mass is 9.93. The van der Waals surface area contributed by atoms with Crippen molar-refractivity contribution in [3.05, 3.63) is 88.0 Å². The molecule has 0 aliphatic carbocycles. The average Bonchev–Trinajstić information content (AvgIpc) is 3.28. The highest BCUT2D eigenvalue weighted by Crippen LogP contribution is 2.37. The summed E-state index contributed by atoms with van der Waals surface area (Å²) in [7, 11) is 0. The second-order valence-electron chi connectivity index (χ2n) is 8.49. The number of benzene rings is 2. The van der Waals surface area contributed by atoms with E-state index in [0.29, 0.717) is 36.8 Å². The molecule has 0 bridgehead atoms. The van der Waals surface area contributed by atoms with Crippen molar-refractivity contribution in [2.75, 3.05) is 36.4 Å². The molecule has 2 aromatic carbocycles. The molecule has 1 aromatic heterocycles. The van der Waals surface area contributed by atoms with E-state index in [1.807, 2.05) is 47.7 Å². The number of fused-ring (bicyclic) bond motifs is 1. The van der Waals surface area contributed by atoms with Gasteiger partial charge in [0.1, 0.15) is 17.7 Å². The van der Waals surface area contributed by atoms with Crippen LogP contribution in [0.5, 0.6) is 0 Å². The molecule has 1 amide bonds. The van der Waals surface area contributed by atoms with Crippen molar-refractivity contribution in [2.24, 2.45) is 0 Å². The van der Waals surface area contributed by atoms with Crippen LogP contribution in [0.3, 0.4) is 0 Å². The molecule has 1 fully saturated rings. The van der Waals surface area contributed by atoms with Gasteiger partial charge in [0.25, 0.3) is 5.91 Å². The number of anilines is 2. The monoisotopic (exact) mass is 465 g/mol.